The lowest BCUT2D eigenvalue weighted by atomic mass is 10.1. The first-order valence-corrected chi connectivity index (χ1v) is 5.65. The molecular weight excluding hydrogens is 234 g/mol. The van der Waals surface area contributed by atoms with E-state index in [0.29, 0.717) is 12.1 Å². The van der Waals surface area contributed by atoms with Crippen LogP contribution in [-0.2, 0) is 4.79 Å². The van der Waals surface area contributed by atoms with Gasteiger partial charge in [-0.1, -0.05) is 13.8 Å². The second-order valence-corrected chi connectivity index (χ2v) is 4.37. The Labute approximate surface area is 106 Å². The zero-order chi connectivity index (χ0) is 13.7. The molecule has 0 atom stereocenters. The van der Waals surface area contributed by atoms with E-state index in [1.807, 2.05) is 13.8 Å². The van der Waals surface area contributed by atoms with Gasteiger partial charge in [-0.25, -0.2) is 4.79 Å². The summed E-state index contributed by atoms with van der Waals surface area (Å²) in [5.74, 6) is -0.669. The van der Waals surface area contributed by atoms with Gasteiger partial charge in [0, 0.05) is 18.2 Å². The molecular formula is C13H17NO4. The van der Waals surface area contributed by atoms with E-state index in [1.165, 1.54) is 19.2 Å². The number of hydrogen-bond donors (Lipinski definition) is 2. The van der Waals surface area contributed by atoms with Crippen molar-refractivity contribution in [2.75, 3.05) is 12.4 Å². The lowest BCUT2D eigenvalue weighted by Gasteiger charge is -2.10. The molecule has 0 aliphatic carbocycles. The maximum atomic E-state index is 11.6. The molecule has 2 N–H and O–H groups in total. The molecule has 0 fully saturated rings. The van der Waals surface area contributed by atoms with Crippen LogP contribution in [0, 0.1) is 5.92 Å². The standard InChI is InChI=1S/C13H17NO4/c1-8(2)6-12(15)14-9-4-5-10(13(16)17)11(7-9)18-3/h4-5,7-8H,6H2,1-3H3,(H,14,15)(H,16,17). The van der Waals surface area contributed by atoms with E-state index in [1.54, 1.807) is 6.07 Å². The van der Waals surface area contributed by atoms with Gasteiger partial charge in [-0.2, -0.15) is 0 Å². The Morgan fingerprint density at radius 2 is 2.06 bits per heavy atom. The summed E-state index contributed by atoms with van der Waals surface area (Å²) in [6.07, 6.45) is 0.420. The Morgan fingerprint density at radius 3 is 2.56 bits per heavy atom. The Hall–Kier alpha value is -2.04. The zero-order valence-corrected chi connectivity index (χ0v) is 10.7. The molecule has 0 spiro atoms. The van der Waals surface area contributed by atoms with Crippen LogP contribution in [0.2, 0.25) is 0 Å². The summed E-state index contributed by atoms with van der Waals surface area (Å²) in [7, 11) is 1.39. The molecule has 5 heteroatoms. The first kappa shape index (κ1) is 14.0. The highest BCUT2D eigenvalue weighted by molar-refractivity contribution is 5.94. The lowest BCUT2D eigenvalue weighted by Crippen LogP contribution is -2.14. The van der Waals surface area contributed by atoms with Gasteiger partial charge in [0.2, 0.25) is 5.91 Å². The Morgan fingerprint density at radius 1 is 1.39 bits per heavy atom. The predicted octanol–water partition coefficient (Wildman–Crippen LogP) is 2.38. The van der Waals surface area contributed by atoms with E-state index in [9.17, 15) is 9.59 Å². The fraction of sp³-hybridized carbons (Fsp3) is 0.385. The third-order valence-electron chi connectivity index (χ3n) is 2.31. The largest absolute Gasteiger partial charge is 0.496 e. The molecule has 5 nitrogen and oxygen atoms in total. The number of benzene rings is 1. The second-order valence-electron chi connectivity index (χ2n) is 4.37. The van der Waals surface area contributed by atoms with Gasteiger partial charge in [-0.15, -0.1) is 0 Å². The predicted molar refractivity (Wildman–Crippen MR) is 68.0 cm³/mol. The summed E-state index contributed by atoms with van der Waals surface area (Å²) in [5.41, 5.74) is 0.599. The molecule has 1 aromatic carbocycles. The Balaban J connectivity index is 2.86. The van der Waals surface area contributed by atoms with Crippen molar-refractivity contribution >= 4 is 17.6 Å². The van der Waals surface area contributed by atoms with Crippen molar-refractivity contribution in [3.05, 3.63) is 23.8 Å². The average Bonchev–Trinajstić information content (AvgIpc) is 2.27. The number of rotatable bonds is 5. The molecule has 1 amide bonds. The van der Waals surface area contributed by atoms with E-state index in [4.69, 9.17) is 9.84 Å². The number of anilines is 1. The minimum absolute atomic E-state index is 0.0689. The van der Waals surface area contributed by atoms with Crippen molar-refractivity contribution in [2.45, 2.75) is 20.3 Å². The number of ether oxygens (including phenoxy) is 1. The van der Waals surface area contributed by atoms with Crippen LogP contribution in [0.25, 0.3) is 0 Å². The van der Waals surface area contributed by atoms with E-state index >= 15 is 0 Å². The number of aromatic carboxylic acids is 1. The van der Waals surface area contributed by atoms with E-state index < -0.39 is 5.97 Å². The van der Waals surface area contributed by atoms with Gasteiger partial charge in [0.15, 0.2) is 0 Å². The number of nitrogens with one attached hydrogen (secondary N) is 1. The van der Waals surface area contributed by atoms with E-state index in [2.05, 4.69) is 5.32 Å². The van der Waals surface area contributed by atoms with Crippen LogP contribution in [0.15, 0.2) is 18.2 Å². The molecule has 0 saturated heterocycles. The molecule has 18 heavy (non-hydrogen) atoms. The van der Waals surface area contributed by atoms with Crippen molar-refractivity contribution in [3.8, 4) is 5.75 Å². The number of carbonyl (C=O) groups is 2. The van der Waals surface area contributed by atoms with Crippen LogP contribution in [0.1, 0.15) is 30.6 Å². The molecule has 0 bridgehead atoms. The van der Waals surface area contributed by atoms with Gasteiger partial charge in [0.1, 0.15) is 11.3 Å². The quantitative estimate of drug-likeness (QED) is 0.842. The maximum Gasteiger partial charge on any atom is 0.339 e. The molecule has 0 heterocycles. The maximum absolute atomic E-state index is 11.6. The molecule has 0 aliphatic rings. The Kier molecular flexibility index (Phi) is 4.71. The molecule has 98 valence electrons. The van der Waals surface area contributed by atoms with Crippen molar-refractivity contribution < 1.29 is 19.4 Å². The van der Waals surface area contributed by atoms with E-state index in [0.717, 1.165) is 0 Å². The molecule has 0 saturated carbocycles. The van der Waals surface area contributed by atoms with Crippen LogP contribution < -0.4 is 10.1 Å². The van der Waals surface area contributed by atoms with Crippen molar-refractivity contribution in [1.82, 2.24) is 0 Å². The normalized spacial score (nSPS) is 10.2. The minimum atomic E-state index is -1.06. The van der Waals surface area contributed by atoms with Crippen molar-refractivity contribution in [1.29, 1.82) is 0 Å². The van der Waals surface area contributed by atoms with Crippen molar-refractivity contribution in [3.63, 3.8) is 0 Å². The van der Waals surface area contributed by atoms with Gasteiger partial charge in [0.05, 0.1) is 7.11 Å². The fourth-order valence-corrected chi connectivity index (χ4v) is 1.53. The molecule has 0 aliphatic heterocycles. The molecule has 1 aromatic rings. The highest BCUT2D eigenvalue weighted by Crippen LogP contribution is 2.23. The number of carboxylic acid groups (broad SMARTS) is 1. The summed E-state index contributed by atoms with van der Waals surface area (Å²) in [6, 6.07) is 4.46. The molecule has 0 unspecified atom stereocenters. The third-order valence-corrected chi connectivity index (χ3v) is 2.31. The number of carbonyl (C=O) groups excluding carboxylic acids is 1. The third kappa shape index (κ3) is 3.76. The van der Waals surface area contributed by atoms with Gasteiger partial charge < -0.3 is 15.2 Å². The topological polar surface area (TPSA) is 75.6 Å². The minimum Gasteiger partial charge on any atom is -0.496 e. The molecule has 0 radical (unpaired) electrons. The summed E-state index contributed by atoms with van der Waals surface area (Å²) >= 11 is 0. The SMILES string of the molecule is COc1cc(NC(=O)CC(C)C)ccc1C(=O)O. The number of hydrogen-bond acceptors (Lipinski definition) is 3. The number of amides is 1. The van der Waals surface area contributed by atoms with Gasteiger partial charge >= 0.3 is 5.97 Å². The van der Waals surface area contributed by atoms with Gasteiger partial charge in [-0.3, -0.25) is 4.79 Å². The lowest BCUT2D eigenvalue weighted by molar-refractivity contribution is -0.116. The summed E-state index contributed by atoms with van der Waals surface area (Å²) in [6.45, 7) is 3.90. The number of carboxylic acids is 1. The molecule has 0 aromatic heterocycles. The van der Waals surface area contributed by atoms with Gasteiger partial charge in [0.25, 0.3) is 0 Å². The monoisotopic (exact) mass is 251 g/mol. The number of methoxy groups -OCH3 is 1. The highest BCUT2D eigenvalue weighted by Gasteiger charge is 2.12. The zero-order valence-electron chi connectivity index (χ0n) is 10.7. The van der Waals surface area contributed by atoms with Crippen LogP contribution in [-0.4, -0.2) is 24.1 Å². The summed E-state index contributed by atoms with van der Waals surface area (Å²) < 4.78 is 4.98. The van der Waals surface area contributed by atoms with Crippen molar-refractivity contribution in [2.24, 2.45) is 5.92 Å². The van der Waals surface area contributed by atoms with Crippen LogP contribution in [0.5, 0.6) is 5.75 Å². The fourth-order valence-electron chi connectivity index (χ4n) is 1.53. The first-order chi connectivity index (χ1) is 8.43. The smallest absolute Gasteiger partial charge is 0.339 e. The van der Waals surface area contributed by atoms with Crippen LogP contribution >= 0.6 is 0 Å². The first-order valence-electron chi connectivity index (χ1n) is 5.65. The Bertz CT molecular complexity index is 454. The van der Waals surface area contributed by atoms with Crippen LogP contribution in [0.3, 0.4) is 0 Å². The highest BCUT2D eigenvalue weighted by atomic mass is 16.5. The van der Waals surface area contributed by atoms with Crippen LogP contribution in [0.4, 0.5) is 5.69 Å². The average molecular weight is 251 g/mol. The summed E-state index contributed by atoms with van der Waals surface area (Å²) in [4.78, 5) is 22.5. The second kappa shape index (κ2) is 6.05. The molecule has 1 rings (SSSR count). The van der Waals surface area contributed by atoms with E-state index in [-0.39, 0.29) is 23.1 Å². The summed E-state index contributed by atoms with van der Waals surface area (Å²) in [5, 5.41) is 11.6. The van der Waals surface area contributed by atoms with Gasteiger partial charge in [-0.05, 0) is 18.1 Å².